The highest BCUT2D eigenvalue weighted by Gasteiger charge is 2.32. The number of ketones is 1. The van der Waals surface area contributed by atoms with E-state index in [-0.39, 0.29) is 11.8 Å². The molecular weight excluding hydrogens is 266 g/mol. The molecule has 0 aromatic heterocycles. The Kier molecular flexibility index (Phi) is 3.45. The topological polar surface area (TPSA) is 20.3 Å². The van der Waals surface area contributed by atoms with Crippen molar-refractivity contribution in [3.05, 3.63) is 34.3 Å². The van der Waals surface area contributed by atoms with Gasteiger partial charge in [-0.05, 0) is 38.9 Å². The second-order valence-electron chi connectivity index (χ2n) is 4.44. The molecule has 1 aliphatic carbocycles. The van der Waals surface area contributed by atoms with Crippen molar-refractivity contribution in [3.8, 4) is 0 Å². The average Bonchev–Trinajstić information content (AvgIpc) is 3.11. The van der Waals surface area contributed by atoms with E-state index in [2.05, 4.69) is 20.8 Å². The molecule has 0 saturated heterocycles. The summed E-state index contributed by atoms with van der Waals surface area (Å²) in [4.78, 5) is 14.4. The predicted molar refractivity (Wildman–Crippen MR) is 68.7 cm³/mol. The third-order valence-corrected chi connectivity index (χ3v) is 3.77. The highest BCUT2D eigenvalue weighted by molar-refractivity contribution is 9.10. The quantitative estimate of drug-likeness (QED) is 0.791. The summed E-state index contributed by atoms with van der Waals surface area (Å²) in [6.07, 6.45) is 2.46. The van der Waals surface area contributed by atoms with Crippen LogP contribution in [0.4, 0.5) is 0 Å². The van der Waals surface area contributed by atoms with Gasteiger partial charge in [0.25, 0.3) is 0 Å². The van der Waals surface area contributed by atoms with Gasteiger partial charge < -0.3 is 0 Å². The van der Waals surface area contributed by atoms with Crippen LogP contribution >= 0.6 is 15.9 Å². The molecule has 0 amide bonds. The highest BCUT2D eigenvalue weighted by Crippen LogP contribution is 2.27. The zero-order chi connectivity index (χ0) is 11.7. The van der Waals surface area contributed by atoms with E-state index in [0.29, 0.717) is 6.04 Å². The van der Waals surface area contributed by atoms with Crippen LogP contribution in [-0.2, 0) is 0 Å². The molecule has 0 radical (unpaired) electrons. The Morgan fingerprint density at radius 3 is 2.44 bits per heavy atom. The number of hydrogen-bond donors (Lipinski definition) is 0. The van der Waals surface area contributed by atoms with Crippen LogP contribution in [-0.4, -0.2) is 29.8 Å². The van der Waals surface area contributed by atoms with Crippen molar-refractivity contribution in [2.45, 2.75) is 31.8 Å². The maximum Gasteiger partial charge on any atom is 0.179 e. The van der Waals surface area contributed by atoms with Gasteiger partial charge in [0, 0.05) is 16.1 Å². The molecule has 3 heteroatoms. The Morgan fingerprint density at radius 1 is 1.38 bits per heavy atom. The van der Waals surface area contributed by atoms with Crippen LogP contribution in [0.2, 0.25) is 0 Å². The van der Waals surface area contributed by atoms with Crippen molar-refractivity contribution in [3.63, 3.8) is 0 Å². The van der Waals surface area contributed by atoms with Crippen LogP contribution in [0.25, 0.3) is 0 Å². The molecule has 0 bridgehead atoms. The third kappa shape index (κ3) is 2.53. The van der Waals surface area contributed by atoms with Gasteiger partial charge in [-0.1, -0.05) is 28.1 Å². The molecule has 1 aliphatic rings. The summed E-state index contributed by atoms with van der Waals surface area (Å²) in [6, 6.07) is 8.18. The van der Waals surface area contributed by atoms with Gasteiger partial charge in [-0.3, -0.25) is 9.69 Å². The third-order valence-electron chi connectivity index (χ3n) is 3.24. The number of likely N-dealkylation sites (N-methyl/N-ethyl adjacent to an activating group) is 1. The number of benzene rings is 1. The van der Waals surface area contributed by atoms with Gasteiger partial charge in [0.05, 0.1) is 6.04 Å². The number of carbonyl (C=O) groups is 1. The number of hydrogen-bond acceptors (Lipinski definition) is 2. The van der Waals surface area contributed by atoms with E-state index >= 15 is 0 Å². The monoisotopic (exact) mass is 281 g/mol. The van der Waals surface area contributed by atoms with Gasteiger partial charge in [0.2, 0.25) is 0 Å². The minimum Gasteiger partial charge on any atom is -0.294 e. The number of carbonyl (C=O) groups excluding carboxylic acids is 1. The molecule has 0 spiro atoms. The van der Waals surface area contributed by atoms with Crippen LogP contribution in [0, 0.1) is 0 Å². The van der Waals surface area contributed by atoms with E-state index in [9.17, 15) is 4.79 Å². The molecule has 0 aliphatic heterocycles. The number of rotatable bonds is 4. The Morgan fingerprint density at radius 2 is 1.94 bits per heavy atom. The maximum absolute atomic E-state index is 12.2. The van der Waals surface area contributed by atoms with Gasteiger partial charge in [0.1, 0.15) is 0 Å². The molecule has 2 rings (SSSR count). The molecule has 1 aromatic rings. The zero-order valence-electron chi connectivity index (χ0n) is 9.61. The lowest BCUT2D eigenvalue weighted by atomic mass is 10.0. The summed E-state index contributed by atoms with van der Waals surface area (Å²) in [6.45, 7) is 1.99. The molecular formula is C13H16BrNO. The normalized spacial score (nSPS) is 17.5. The van der Waals surface area contributed by atoms with Crippen LogP contribution in [0.15, 0.2) is 28.7 Å². The Balaban J connectivity index is 2.08. The SMILES string of the molecule is CC(C(=O)c1ccc(Br)cc1)N(C)C1CC1. The van der Waals surface area contributed by atoms with Crippen LogP contribution in [0.5, 0.6) is 0 Å². The molecule has 1 fully saturated rings. The first-order chi connectivity index (χ1) is 7.59. The molecule has 0 N–H and O–H groups in total. The van der Waals surface area contributed by atoms with Crippen molar-refractivity contribution >= 4 is 21.7 Å². The summed E-state index contributed by atoms with van der Waals surface area (Å²) in [5, 5.41) is 0. The second kappa shape index (κ2) is 4.68. The fourth-order valence-electron chi connectivity index (χ4n) is 1.84. The molecule has 1 atom stereocenters. The van der Waals surface area contributed by atoms with Crippen molar-refractivity contribution < 1.29 is 4.79 Å². The molecule has 86 valence electrons. The molecule has 1 aromatic carbocycles. The van der Waals surface area contributed by atoms with Crippen LogP contribution < -0.4 is 0 Å². The molecule has 0 heterocycles. The minimum absolute atomic E-state index is 0.0197. The van der Waals surface area contributed by atoms with Gasteiger partial charge in [-0.2, -0.15) is 0 Å². The van der Waals surface area contributed by atoms with Crippen molar-refractivity contribution in [2.24, 2.45) is 0 Å². The van der Waals surface area contributed by atoms with Crippen molar-refractivity contribution in [1.29, 1.82) is 0 Å². The van der Waals surface area contributed by atoms with Crippen molar-refractivity contribution in [2.75, 3.05) is 7.05 Å². The van der Waals surface area contributed by atoms with E-state index in [1.807, 2.05) is 38.2 Å². The van der Waals surface area contributed by atoms with Crippen molar-refractivity contribution in [1.82, 2.24) is 4.90 Å². The maximum atomic E-state index is 12.2. The van der Waals surface area contributed by atoms with E-state index in [1.165, 1.54) is 12.8 Å². The summed E-state index contributed by atoms with van der Waals surface area (Å²) in [5.74, 6) is 0.210. The predicted octanol–water partition coefficient (Wildman–Crippen LogP) is 3.11. The van der Waals surface area contributed by atoms with Gasteiger partial charge in [-0.15, -0.1) is 0 Å². The first-order valence-corrected chi connectivity index (χ1v) is 6.40. The zero-order valence-corrected chi connectivity index (χ0v) is 11.2. The molecule has 1 unspecified atom stereocenters. The Hall–Kier alpha value is -0.670. The molecule has 1 saturated carbocycles. The number of halogens is 1. The highest BCUT2D eigenvalue weighted by atomic mass is 79.9. The fraction of sp³-hybridized carbons (Fsp3) is 0.462. The molecule has 16 heavy (non-hydrogen) atoms. The number of nitrogens with zero attached hydrogens (tertiary/aromatic N) is 1. The largest absolute Gasteiger partial charge is 0.294 e. The lowest BCUT2D eigenvalue weighted by molar-refractivity contribution is 0.0861. The second-order valence-corrected chi connectivity index (χ2v) is 5.36. The lowest BCUT2D eigenvalue weighted by Gasteiger charge is -2.23. The van der Waals surface area contributed by atoms with Gasteiger partial charge in [0.15, 0.2) is 5.78 Å². The molecule has 2 nitrogen and oxygen atoms in total. The minimum atomic E-state index is -0.0197. The fourth-order valence-corrected chi connectivity index (χ4v) is 2.10. The van der Waals surface area contributed by atoms with Gasteiger partial charge in [-0.25, -0.2) is 0 Å². The smallest absolute Gasteiger partial charge is 0.179 e. The van der Waals surface area contributed by atoms with Crippen LogP contribution in [0.3, 0.4) is 0 Å². The average molecular weight is 282 g/mol. The number of Topliss-reactive ketones (excluding diaryl/α,β-unsaturated/α-hetero) is 1. The summed E-state index contributed by atoms with van der Waals surface area (Å²) >= 11 is 3.37. The first kappa shape index (κ1) is 11.8. The van der Waals surface area contributed by atoms with E-state index in [0.717, 1.165) is 10.0 Å². The summed E-state index contributed by atoms with van der Waals surface area (Å²) < 4.78 is 1.01. The van der Waals surface area contributed by atoms with E-state index < -0.39 is 0 Å². The standard InChI is InChI=1S/C13H16BrNO/c1-9(15(2)12-7-8-12)13(16)10-3-5-11(14)6-4-10/h3-6,9,12H,7-8H2,1-2H3. The van der Waals surface area contributed by atoms with Gasteiger partial charge >= 0.3 is 0 Å². The lowest BCUT2D eigenvalue weighted by Crippen LogP contribution is -2.37. The van der Waals surface area contributed by atoms with E-state index in [1.54, 1.807) is 0 Å². The first-order valence-electron chi connectivity index (χ1n) is 5.61. The Bertz CT molecular complexity index is 383. The van der Waals surface area contributed by atoms with Crippen LogP contribution in [0.1, 0.15) is 30.1 Å². The summed E-state index contributed by atoms with van der Waals surface area (Å²) in [7, 11) is 2.04. The Labute approximate surface area is 105 Å². The van der Waals surface area contributed by atoms with E-state index in [4.69, 9.17) is 0 Å². The summed E-state index contributed by atoms with van der Waals surface area (Å²) in [5.41, 5.74) is 0.795.